The lowest BCUT2D eigenvalue weighted by molar-refractivity contribution is 0.101. The van der Waals surface area contributed by atoms with Gasteiger partial charge in [0.25, 0.3) is 11.8 Å². The van der Waals surface area contributed by atoms with Crippen molar-refractivity contribution in [3.05, 3.63) is 82.8 Å². The molecule has 0 unspecified atom stereocenters. The lowest BCUT2D eigenvalue weighted by Gasteiger charge is -2.12. The van der Waals surface area contributed by atoms with Gasteiger partial charge in [0.05, 0.1) is 23.2 Å². The van der Waals surface area contributed by atoms with Crippen LogP contribution in [0.4, 0.5) is 11.4 Å². The SMILES string of the molecule is Cc1occc1C(=O)Nc1ccccc1NC(=O)c1ccc(Cl)cc1. The molecule has 0 saturated heterocycles. The van der Waals surface area contributed by atoms with Gasteiger partial charge in [-0.25, -0.2) is 0 Å². The molecule has 3 rings (SSSR count). The van der Waals surface area contributed by atoms with E-state index in [1.165, 1.54) is 6.26 Å². The van der Waals surface area contributed by atoms with Crippen LogP contribution in [0, 0.1) is 6.92 Å². The normalized spacial score (nSPS) is 10.3. The number of halogens is 1. The Labute approximate surface area is 149 Å². The number of para-hydroxylation sites is 2. The first-order chi connectivity index (χ1) is 12.0. The first kappa shape index (κ1) is 16.8. The van der Waals surface area contributed by atoms with Crippen molar-refractivity contribution in [2.24, 2.45) is 0 Å². The number of carbonyl (C=O) groups is 2. The summed E-state index contributed by atoms with van der Waals surface area (Å²) in [5.74, 6) is -0.0718. The lowest BCUT2D eigenvalue weighted by Crippen LogP contribution is -2.16. The first-order valence-electron chi connectivity index (χ1n) is 7.56. The molecule has 5 nitrogen and oxygen atoms in total. The van der Waals surface area contributed by atoms with E-state index in [1.807, 2.05) is 0 Å². The molecule has 0 spiro atoms. The maximum atomic E-state index is 12.4. The molecule has 0 aliphatic rings. The smallest absolute Gasteiger partial charge is 0.259 e. The van der Waals surface area contributed by atoms with Crippen LogP contribution < -0.4 is 10.6 Å². The summed E-state index contributed by atoms with van der Waals surface area (Å²) in [6.07, 6.45) is 1.46. The van der Waals surface area contributed by atoms with Gasteiger partial charge in [-0.15, -0.1) is 0 Å². The van der Waals surface area contributed by atoms with Crippen molar-refractivity contribution in [1.82, 2.24) is 0 Å². The summed E-state index contributed by atoms with van der Waals surface area (Å²) in [6, 6.07) is 15.1. The van der Waals surface area contributed by atoms with E-state index in [0.717, 1.165) is 0 Å². The van der Waals surface area contributed by atoms with Crippen molar-refractivity contribution in [2.75, 3.05) is 10.6 Å². The van der Waals surface area contributed by atoms with E-state index in [2.05, 4.69) is 10.6 Å². The third-order valence-corrected chi connectivity index (χ3v) is 3.89. The van der Waals surface area contributed by atoms with Crippen LogP contribution in [0.3, 0.4) is 0 Å². The van der Waals surface area contributed by atoms with E-state index in [4.69, 9.17) is 16.0 Å². The monoisotopic (exact) mass is 354 g/mol. The summed E-state index contributed by atoms with van der Waals surface area (Å²) in [4.78, 5) is 24.7. The molecular formula is C19H15ClN2O3. The fraction of sp³-hybridized carbons (Fsp3) is 0.0526. The molecule has 0 fully saturated rings. The molecule has 1 heterocycles. The highest BCUT2D eigenvalue weighted by Crippen LogP contribution is 2.23. The van der Waals surface area contributed by atoms with Crippen molar-refractivity contribution < 1.29 is 14.0 Å². The number of nitrogens with one attached hydrogen (secondary N) is 2. The second-order valence-corrected chi connectivity index (χ2v) is 5.79. The average Bonchev–Trinajstić information content (AvgIpc) is 3.03. The predicted octanol–water partition coefficient (Wildman–Crippen LogP) is 4.75. The molecule has 0 bridgehead atoms. The molecular weight excluding hydrogens is 340 g/mol. The lowest BCUT2D eigenvalue weighted by atomic mass is 10.2. The Morgan fingerprint density at radius 1 is 0.880 bits per heavy atom. The molecule has 2 aromatic carbocycles. The van der Waals surface area contributed by atoms with Crippen molar-refractivity contribution in [3.63, 3.8) is 0 Å². The number of hydrogen-bond acceptors (Lipinski definition) is 3. The van der Waals surface area contributed by atoms with Crippen molar-refractivity contribution in [3.8, 4) is 0 Å². The summed E-state index contributed by atoms with van der Waals surface area (Å²) >= 11 is 5.83. The molecule has 126 valence electrons. The summed E-state index contributed by atoms with van der Waals surface area (Å²) in [7, 11) is 0. The number of furan rings is 1. The van der Waals surface area contributed by atoms with Gasteiger partial charge in [0, 0.05) is 10.6 Å². The largest absolute Gasteiger partial charge is 0.469 e. The Morgan fingerprint density at radius 2 is 1.48 bits per heavy atom. The minimum atomic E-state index is -0.306. The fourth-order valence-corrected chi connectivity index (χ4v) is 2.43. The molecule has 3 aromatic rings. The summed E-state index contributed by atoms with van der Waals surface area (Å²) in [6.45, 7) is 1.71. The van der Waals surface area contributed by atoms with Crippen molar-refractivity contribution >= 4 is 34.8 Å². The zero-order valence-electron chi connectivity index (χ0n) is 13.4. The quantitative estimate of drug-likeness (QED) is 0.710. The van der Waals surface area contributed by atoms with Gasteiger partial charge in [0.15, 0.2) is 0 Å². The summed E-state index contributed by atoms with van der Waals surface area (Å²) in [5, 5.41) is 6.13. The number of carbonyl (C=O) groups excluding carboxylic acids is 2. The standard InChI is InChI=1S/C19H15ClN2O3/c1-12-15(10-11-25-12)19(24)22-17-5-3-2-4-16(17)21-18(23)13-6-8-14(20)9-7-13/h2-11H,1H3,(H,21,23)(H,22,24). The molecule has 6 heteroatoms. The van der Waals surface area contributed by atoms with Crippen LogP contribution in [-0.2, 0) is 0 Å². The number of rotatable bonds is 4. The zero-order chi connectivity index (χ0) is 17.8. The van der Waals surface area contributed by atoms with E-state index in [9.17, 15) is 9.59 Å². The number of amides is 2. The zero-order valence-corrected chi connectivity index (χ0v) is 14.1. The number of aryl methyl sites for hydroxylation is 1. The molecule has 0 saturated carbocycles. The summed E-state index contributed by atoms with van der Waals surface area (Å²) < 4.78 is 5.14. The topological polar surface area (TPSA) is 71.3 Å². The maximum Gasteiger partial charge on any atom is 0.259 e. The molecule has 2 amide bonds. The third kappa shape index (κ3) is 3.89. The highest BCUT2D eigenvalue weighted by Gasteiger charge is 2.14. The molecule has 1 aromatic heterocycles. The molecule has 0 atom stereocenters. The number of hydrogen-bond donors (Lipinski definition) is 2. The number of anilines is 2. The first-order valence-corrected chi connectivity index (χ1v) is 7.94. The van der Waals surface area contributed by atoms with Gasteiger partial charge in [-0.2, -0.15) is 0 Å². The molecule has 2 N–H and O–H groups in total. The van der Waals surface area contributed by atoms with Gasteiger partial charge in [0.1, 0.15) is 5.76 Å². The van der Waals surface area contributed by atoms with Crippen molar-refractivity contribution in [1.29, 1.82) is 0 Å². The van der Waals surface area contributed by atoms with Crippen LogP contribution in [0.25, 0.3) is 0 Å². The Hall–Kier alpha value is -3.05. The van der Waals surface area contributed by atoms with Gasteiger partial charge in [-0.3, -0.25) is 9.59 Å². The Bertz CT molecular complexity index is 916. The second kappa shape index (κ2) is 7.23. The van der Waals surface area contributed by atoms with E-state index in [-0.39, 0.29) is 11.8 Å². The Morgan fingerprint density at radius 3 is 2.04 bits per heavy atom. The van der Waals surface area contributed by atoms with Gasteiger partial charge in [0.2, 0.25) is 0 Å². The van der Waals surface area contributed by atoms with Crippen LogP contribution in [-0.4, -0.2) is 11.8 Å². The molecule has 0 aliphatic heterocycles. The third-order valence-electron chi connectivity index (χ3n) is 3.63. The predicted molar refractivity (Wildman–Crippen MR) is 97.2 cm³/mol. The van der Waals surface area contributed by atoms with Gasteiger partial charge in [-0.05, 0) is 49.4 Å². The highest BCUT2D eigenvalue weighted by molar-refractivity contribution is 6.30. The molecule has 25 heavy (non-hydrogen) atoms. The van der Waals surface area contributed by atoms with Crippen LogP contribution in [0.2, 0.25) is 5.02 Å². The second-order valence-electron chi connectivity index (χ2n) is 5.35. The Kier molecular flexibility index (Phi) is 4.86. The van der Waals surface area contributed by atoms with E-state index < -0.39 is 0 Å². The van der Waals surface area contributed by atoms with E-state index in [0.29, 0.717) is 33.3 Å². The van der Waals surface area contributed by atoms with Crippen LogP contribution in [0.15, 0.2) is 65.3 Å². The molecule has 0 radical (unpaired) electrons. The molecule has 0 aliphatic carbocycles. The minimum absolute atomic E-state index is 0.294. The van der Waals surface area contributed by atoms with Crippen LogP contribution in [0.1, 0.15) is 26.5 Å². The van der Waals surface area contributed by atoms with Crippen LogP contribution >= 0.6 is 11.6 Å². The average molecular weight is 355 g/mol. The Balaban J connectivity index is 1.79. The fourth-order valence-electron chi connectivity index (χ4n) is 2.31. The highest BCUT2D eigenvalue weighted by atomic mass is 35.5. The van der Waals surface area contributed by atoms with Gasteiger partial charge >= 0.3 is 0 Å². The van der Waals surface area contributed by atoms with Crippen LogP contribution in [0.5, 0.6) is 0 Å². The summed E-state index contributed by atoms with van der Waals surface area (Å²) in [5.41, 5.74) is 1.91. The van der Waals surface area contributed by atoms with Gasteiger partial charge in [-0.1, -0.05) is 23.7 Å². The van der Waals surface area contributed by atoms with E-state index >= 15 is 0 Å². The van der Waals surface area contributed by atoms with Crippen molar-refractivity contribution in [2.45, 2.75) is 6.92 Å². The number of benzene rings is 2. The maximum absolute atomic E-state index is 12.4. The van der Waals surface area contributed by atoms with E-state index in [1.54, 1.807) is 61.5 Å². The minimum Gasteiger partial charge on any atom is -0.469 e. The van der Waals surface area contributed by atoms with Gasteiger partial charge < -0.3 is 15.1 Å².